The third kappa shape index (κ3) is 6.60. The van der Waals surface area contributed by atoms with Crippen LogP contribution in [0.25, 0.3) is 0 Å². The van der Waals surface area contributed by atoms with E-state index >= 15 is 0 Å². The van der Waals surface area contributed by atoms with E-state index in [0.717, 1.165) is 29.1 Å². The van der Waals surface area contributed by atoms with Gasteiger partial charge in [-0.05, 0) is 48.9 Å². The van der Waals surface area contributed by atoms with Gasteiger partial charge in [-0.25, -0.2) is 4.39 Å². The van der Waals surface area contributed by atoms with Gasteiger partial charge in [-0.1, -0.05) is 24.0 Å². The molecule has 0 spiro atoms. The lowest BCUT2D eigenvalue weighted by Gasteiger charge is -2.38. The number of halogens is 1. The summed E-state index contributed by atoms with van der Waals surface area (Å²) < 4.78 is 18.1. The van der Waals surface area contributed by atoms with Crippen molar-refractivity contribution in [2.75, 3.05) is 47.0 Å². The summed E-state index contributed by atoms with van der Waals surface area (Å²) in [5, 5.41) is 11.7. The molecule has 9 heteroatoms. The molecule has 37 heavy (non-hydrogen) atoms. The first kappa shape index (κ1) is 28.0. The number of nitrogens with one attached hydrogen (secondary N) is 1. The zero-order chi connectivity index (χ0) is 27.0. The Morgan fingerprint density at radius 1 is 1.11 bits per heavy atom. The summed E-state index contributed by atoms with van der Waals surface area (Å²) in [5.41, 5.74) is 0.978. The van der Waals surface area contributed by atoms with Gasteiger partial charge in [0.05, 0.1) is 12.7 Å². The van der Waals surface area contributed by atoms with E-state index in [2.05, 4.69) is 17.2 Å². The number of aliphatic hydroxyl groups excluding tert-OH is 1. The normalized spacial score (nSPS) is 15.1. The monoisotopic (exact) mass is 509 g/mol. The third-order valence-corrected chi connectivity index (χ3v) is 6.58. The lowest BCUT2D eigenvalue weighted by atomic mass is 9.92. The Morgan fingerprint density at radius 2 is 1.68 bits per heavy atom. The maximum absolute atomic E-state index is 13.0. The van der Waals surface area contributed by atoms with Gasteiger partial charge < -0.3 is 20.1 Å². The SMILES string of the molecule is CNC(=O)[C@@](C)(C(=O)CO)N(C)C(=O)c1ccc(C#Cc2ccc(COC3CN(CCF)C3)cc2)cc1. The number of alkyl halides is 1. The van der Waals surface area contributed by atoms with Crippen molar-refractivity contribution >= 4 is 17.6 Å². The number of ketones is 1. The van der Waals surface area contributed by atoms with Crippen molar-refractivity contribution in [2.24, 2.45) is 0 Å². The topological polar surface area (TPSA) is 99.2 Å². The fourth-order valence-electron chi connectivity index (χ4n) is 3.93. The highest BCUT2D eigenvalue weighted by molar-refractivity contribution is 6.14. The van der Waals surface area contributed by atoms with Gasteiger partial charge in [0.15, 0.2) is 11.3 Å². The summed E-state index contributed by atoms with van der Waals surface area (Å²) in [5.74, 6) is 4.12. The minimum atomic E-state index is -1.84. The van der Waals surface area contributed by atoms with Gasteiger partial charge in [0.2, 0.25) is 0 Å². The molecule has 1 aliphatic heterocycles. The van der Waals surface area contributed by atoms with Gasteiger partial charge in [0, 0.05) is 50.4 Å². The molecule has 1 heterocycles. The molecule has 0 aliphatic carbocycles. The van der Waals surface area contributed by atoms with E-state index in [1.54, 1.807) is 24.3 Å². The first-order valence-corrected chi connectivity index (χ1v) is 12.0. The van der Waals surface area contributed by atoms with Gasteiger partial charge in [-0.3, -0.25) is 19.3 Å². The minimum absolute atomic E-state index is 0.147. The Morgan fingerprint density at radius 3 is 2.19 bits per heavy atom. The predicted octanol–water partition coefficient (Wildman–Crippen LogP) is 1.39. The molecule has 3 rings (SSSR count). The summed E-state index contributed by atoms with van der Waals surface area (Å²) >= 11 is 0. The Balaban J connectivity index is 1.59. The summed E-state index contributed by atoms with van der Waals surface area (Å²) in [6.45, 7) is 2.59. The van der Waals surface area contributed by atoms with E-state index in [-0.39, 0.29) is 18.3 Å². The van der Waals surface area contributed by atoms with Crippen LogP contribution in [-0.4, -0.2) is 91.2 Å². The van der Waals surface area contributed by atoms with Crippen LogP contribution in [0, 0.1) is 11.8 Å². The number of likely N-dealkylation sites (tertiary alicyclic amines) is 1. The summed E-state index contributed by atoms with van der Waals surface area (Å²) in [6.07, 6.45) is 0.147. The van der Waals surface area contributed by atoms with Gasteiger partial charge in [-0.2, -0.15) is 0 Å². The van der Waals surface area contributed by atoms with E-state index in [4.69, 9.17) is 4.74 Å². The number of nitrogens with zero attached hydrogens (tertiary/aromatic N) is 2. The van der Waals surface area contributed by atoms with Crippen LogP contribution in [0.2, 0.25) is 0 Å². The van der Waals surface area contributed by atoms with Crippen molar-refractivity contribution in [1.82, 2.24) is 15.1 Å². The molecule has 1 saturated heterocycles. The molecule has 1 atom stereocenters. The highest BCUT2D eigenvalue weighted by Crippen LogP contribution is 2.19. The third-order valence-electron chi connectivity index (χ3n) is 6.58. The molecule has 0 aromatic heterocycles. The average molecular weight is 510 g/mol. The van der Waals surface area contributed by atoms with E-state index in [0.29, 0.717) is 18.7 Å². The van der Waals surface area contributed by atoms with Gasteiger partial charge >= 0.3 is 0 Å². The lowest BCUT2D eigenvalue weighted by Crippen LogP contribution is -2.62. The molecular formula is C28H32FN3O5. The molecule has 0 bridgehead atoms. The molecule has 0 radical (unpaired) electrons. The van der Waals surface area contributed by atoms with Gasteiger partial charge in [0.1, 0.15) is 13.3 Å². The number of Topliss-reactive ketones (excluding diaryl/α,β-unsaturated/α-hetero) is 1. The Bertz CT molecular complexity index is 1150. The zero-order valence-corrected chi connectivity index (χ0v) is 21.3. The number of benzene rings is 2. The maximum Gasteiger partial charge on any atom is 0.254 e. The first-order valence-electron chi connectivity index (χ1n) is 12.0. The fraction of sp³-hybridized carbons (Fsp3) is 0.393. The standard InChI is InChI=1S/C28H32FN3O5/c1-28(25(34)18-33,27(36)30-2)31(3)26(35)23-12-10-21(11-13-23)5-4-20-6-8-22(9-7-20)19-37-24-16-32(17-24)15-14-29/h6-13,24,33H,14-19H2,1-3H3,(H,30,36)/t28-/m1/s1. The highest BCUT2D eigenvalue weighted by atomic mass is 19.1. The Hall–Kier alpha value is -3.58. The number of carbonyl (C=O) groups excluding carboxylic acids is 3. The lowest BCUT2D eigenvalue weighted by molar-refractivity contribution is -0.143. The second kappa shape index (κ2) is 12.6. The van der Waals surface area contributed by atoms with Crippen molar-refractivity contribution in [3.05, 3.63) is 70.8 Å². The first-order chi connectivity index (χ1) is 17.7. The number of likely N-dealkylation sites (N-methyl/N-ethyl adjacent to an activating group) is 2. The van der Waals surface area contributed by atoms with Crippen LogP contribution in [0.15, 0.2) is 48.5 Å². The van der Waals surface area contributed by atoms with Crippen molar-refractivity contribution < 1.29 is 28.6 Å². The molecule has 1 fully saturated rings. The zero-order valence-electron chi connectivity index (χ0n) is 21.3. The molecule has 2 amide bonds. The second-order valence-corrected chi connectivity index (χ2v) is 9.00. The van der Waals surface area contributed by atoms with E-state index in [9.17, 15) is 23.9 Å². The predicted molar refractivity (Wildman–Crippen MR) is 137 cm³/mol. The number of amides is 2. The number of hydrogen-bond donors (Lipinski definition) is 2. The number of ether oxygens (including phenoxy) is 1. The molecular weight excluding hydrogens is 477 g/mol. The van der Waals surface area contributed by atoms with Crippen LogP contribution in [0.4, 0.5) is 4.39 Å². The molecule has 8 nitrogen and oxygen atoms in total. The van der Waals surface area contributed by atoms with Crippen molar-refractivity contribution in [1.29, 1.82) is 0 Å². The van der Waals surface area contributed by atoms with E-state index in [1.807, 2.05) is 29.2 Å². The quantitative estimate of drug-likeness (QED) is 0.371. The minimum Gasteiger partial charge on any atom is -0.388 e. The number of aliphatic hydroxyl groups is 1. The highest BCUT2D eigenvalue weighted by Gasteiger charge is 2.46. The molecule has 0 unspecified atom stereocenters. The molecule has 1 aliphatic rings. The van der Waals surface area contributed by atoms with Crippen LogP contribution in [-0.2, 0) is 20.9 Å². The number of rotatable bonds is 10. The number of carbonyl (C=O) groups is 3. The molecule has 0 saturated carbocycles. The molecule has 2 N–H and O–H groups in total. The van der Waals surface area contributed by atoms with Crippen molar-refractivity contribution in [3.8, 4) is 11.8 Å². The van der Waals surface area contributed by atoms with Crippen LogP contribution in [0.3, 0.4) is 0 Å². The van der Waals surface area contributed by atoms with Crippen molar-refractivity contribution in [3.63, 3.8) is 0 Å². The van der Waals surface area contributed by atoms with E-state index < -0.39 is 29.7 Å². The summed E-state index contributed by atoms with van der Waals surface area (Å²) in [7, 11) is 2.71. The smallest absolute Gasteiger partial charge is 0.254 e. The van der Waals surface area contributed by atoms with Crippen LogP contribution in [0.5, 0.6) is 0 Å². The van der Waals surface area contributed by atoms with Crippen LogP contribution < -0.4 is 5.32 Å². The van der Waals surface area contributed by atoms with Gasteiger partial charge in [-0.15, -0.1) is 0 Å². The molecule has 2 aromatic rings. The summed E-state index contributed by atoms with van der Waals surface area (Å²) in [6, 6.07) is 14.3. The van der Waals surface area contributed by atoms with Crippen LogP contribution in [0.1, 0.15) is 34.0 Å². The Kier molecular flexibility index (Phi) is 9.53. The summed E-state index contributed by atoms with van der Waals surface area (Å²) in [4.78, 5) is 40.6. The average Bonchev–Trinajstić information content (AvgIpc) is 2.91. The number of hydrogen-bond acceptors (Lipinski definition) is 6. The largest absolute Gasteiger partial charge is 0.388 e. The van der Waals surface area contributed by atoms with Gasteiger partial charge in [0.25, 0.3) is 11.8 Å². The van der Waals surface area contributed by atoms with Crippen LogP contribution >= 0.6 is 0 Å². The second-order valence-electron chi connectivity index (χ2n) is 9.00. The van der Waals surface area contributed by atoms with Crippen molar-refractivity contribution in [2.45, 2.75) is 25.2 Å². The van der Waals surface area contributed by atoms with E-state index in [1.165, 1.54) is 21.0 Å². The Labute approximate surface area is 216 Å². The maximum atomic E-state index is 13.0. The molecule has 2 aromatic carbocycles. The fourth-order valence-corrected chi connectivity index (χ4v) is 3.93. The molecule has 196 valence electrons.